The summed E-state index contributed by atoms with van der Waals surface area (Å²) in [6, 6.07) is 5.14. The number of carbonyl (C=O) groups is 1. The molecule has 1 aliphatic carbocycles. The van der Waals surface area contributed by atoms with Crippen LogP contribution in [0.15, 0.2) is 36.4 Å². The van der Waals surface area contributed by atoms with Gasteiger partial charge in [0.1, 0.15) is 0 Å². The van der Waals surface area contributed by atoms with Crippen LogP contribution < -0.4 is 10.6 Å². The number of amides is 1. The fraction of sp³-hybridized carbons (Fsp3) is 0.435. The Kier molecular flexibility index (Phi) is 7.74. The van der Waals surface area contributed by atoms with Gasteiger partial charge in [-0.2, -0.15) is 26.3 Å². The van der Waals surface area contributed by atoms with Gasteiger partial charge in [0, 0.05) is 30.3 Å². The first-order valence-electron chi connectivity index (χ1n) is 10.6. The van der Waals surface area contributed by atoms with Crippen LogP contribution in [0.25, 0.3) is 0 Å². The maximum absolute atomic E-state index is 13.4. The van der Waals surface area contributed by atoms with E-state index in [1.165, 1.54) is 6.07 Å². The third kappa shape index (κ3) is 6.62. The second-order valence-electron chi connectivity index (χ2n) is 8.35. The van der Waals surface area contributed by atoms with Gasteiger partial charge in [0.2, 0.25) is 0 Å². The highest BCUT2D eigenvalue weighted by atomic mass is 19.4. The standard InChI is InChI=1S/C23H23F7N2O2/c24-19-3-1-2-14(20(19)33)12-31-18-6-4-13(5-7-18)11-32-21(34)15-8-16(22(25,26)27)10-17(9-15)23(28,29)30/h1-3,8-10,13,18,31,33H,4-7,11-12H2,(H,32,34)/t13-,18-. The van der Waals surface area contributed by atoms with Crippen LogP contribution >= 0.6 is 0 Å². The summed E-state index contributed by atoms with van der Waals surface area (Å²) >= 11 is 0. The lowest BCUT2D eigenvalue weighted by Gasteiger charge is -2.29. The lowest BCUT2D eigenvalue weighted by molar-refractivity contribution is -0.143. The second kappa shape index (κ2) is 10.2. The molecule has 1 aliphatic rings. The molecule has 0 saturated heterocycles. The highest BCUT2D eigenvalue weighted by Gasteiger charge is 2.37. The van der Waals surface area contributed by atoms with E-state index in [0.29, 0.717) is 43.4 Å². The topological polar surface area (TPSA) is 61.4 Å². The molecule has 0 atom stereocenters. The number of rotatable bonds is 6. The molecule has 0 radical (unpaired) electrons. The SMILES string of the molecule is O=C(NC[C@H]1CC[C@H](NCc2cccc(F)c2O)CC1)c1cc(C(F)(F)F)cc(C(F)(F)F)c1. The number of benzene rings is 2. The van der Waals surface area contributed by atoms with Crippen molar-refractivity contribution >= 4 is 5.91 Å². The van der Waals surface area contributed by atoms with Gasteiger partial charge >= 0.3 is 12.4 Å². The maximum atomic E-state index is 13.4. The Balaban J connectivity index is 1.53. The predicted molar refractivity (Wildman–Crippen MR) is 109 cm³/mol. The average molecular weight is 492 g/mol. The first-order valence-corrected chi connectivity index (χ1v) is 10.6. The minimum atomic E-state index is -5.02. The van der Waals surface area contributed by atoms with Crippen LogP contribution in [0.5, 0.6) is 5.75 Å². The van der Waals surface area contributed by atoms with Crippen molar-refractivity contribution in [1.29, 1.82) is 0 Å². The highest BCUT2D eigenvalue weighted by Crippen LogP contribution is 2.36. The number of alkyl halides is 6. The first kappa shape index (κ1) is 25.8. The predicted octanol–water partition coefficient (Wildman–Crippen LogP) is 5.65. The molecule has 0 spiro atoms. The monoisotopic (exact) mass is 492 g/mol. The third-order valence-corrected chi connectivity index (χ3v) is 5.90. The Bertz CT molecular complexity index is 981. The van der Waals surface area contributed by atoms with Gasteiger partial charge in [0.25, 0.3) is 5.91 Å². The van der Waals surface area contributed by atoms with Gasteiger partial charge in [-0.3, -0.25) is 4.79 Å². The minimum absolute atomic E-state index is 0.0115. The van der Waals surface area contributed by atoms with Gasteiger partial charge in [-0.05, 0) is 55.9 Å². The van der Waals surface area contributed by atoms with Crippen LogP contribution in [0.3, 0.4) is 0 Å². The van der Waals surface area contributed by atoms with Crippen molar-refractivity contribution in [2.75, 3.05) is 6.54 Å². The minimum Gasteiger partial charge on any atom is -0.505 e. The molecule has 3 rings (SSSR count). The summed E-state index contributed by atoms with van der Waals surface area (Å²) in [6.45, 7) is 0.389. The number of para-hydroxylation sites is 1. The van der Waals surface area contributed by atoms with Crippen LogP contribution in [0.4, 0.5) is 30.7 Å². The van der Waals surface area contributed by atoms with Gasteiger partial charge in [0.15, 0.2) is 11.6 Å². The molecule has 0 bridgehead atoms. The summed E-state index contributed by atoms with van der Waals surface area (Å²) in [5.74, 6) is -2.10. The van der Waals surface area contributed by atoms with E-state index < -0.39 is 46.5 Å². The zero-order valence-corrected chi connectivity index (χ0v) is 17.9. The molecule has 1 amide bonds. The molecule has 0 heterocycles. The largest absolute Gasteiger partial charge is 0.505 e. The van der Waals surface area contributed by atoms with Crippen molar-refractivity contribution in [2.24, 2.45) is 5.92 Å². The molecule has 3 N–H and O–H groups in total. The molecular weight excluding hydrogens is 469 g/mol. The molecule has 1 saturated carbocycles. The molecule has 4 nitrogen and oxygen atoms in total. The smallest absolute Gasteiger partial charge is 0.416 e. The molecule has 2 aromatic carbocycles. The van der Waals surface area contributed by atoms with E-state index in [4.69, 9.17) is 0 Å². The number of halogens is 7. The van der Waals surface area contributed by atoms with E-state index in [9.17, 15) is 40.6 Å². The number of hydrogen-bond acceptors (Lipinski definition) is 3. The Morgan fingerprint density at radius 3 is 2.09 bits per heavy atom. The van der Waals surface area contributed by atoms with Gasteiger partial charge in [-0.25, -0.2) is 4.39 Å². The van der Waals surface area contributed by atoms with E-state index in [0.717, 1.165) is 6.07 Å². The Morgan fingerprint density at radius 2 is 1.53 bits per heavy atom. The quantitative estimate of drug-likeness (QED) is 0.457. The molecule has 0 aromatic heterocycles. The summed E-state index contributed by atoms with van der Waals surface area (Å²) in [7, 11) is 0. The van der Waals surface area contributed by atoms with Crippen LogP contribution in [0.2, 0.25) is 0 Å². The van der Waals surface area contributed by atoms with Crippen molar-refractivity contribution in [3.05, 3.63) is 64.5 Å². The van der Waals surface area contributed by atoms with Crippen molar-refractivity contribution in [1.82, 2.24) is 10.6 Å². The molecule has 2 aromatic rings. The van der Waals surface area contributed by atoms with Crippen molar-refractivity contribution in [3.63, 3.8) is 0 Å². The summed E-state index contributed by atoms with van der Waals surface area (Å²) < 4.78 is 91.3. The third-order valence-electron chi connectivity index (χ3n) is 5.90. The van der Waals surface area contributed by atoms with E-state index in [-0.39, 0.29) is 31.1 Å². The fourth-order valence-corrected chi connectivity index (χ4v) is 3.95. The number of hydrogen-bond donors (Lipinski definition) is 3. The van der Waals surface area contributed by atoms with Gasteiger partial charge in [-0.1, -0.05) is 12.1 Å². The zero-order chi connectivity index (χ0) is 25.1. The lowest BCUT2D eigenvalue weighted by Crippen LogP contribution is -2.36. The molecule has 0 aliphatic heterocycles. The highest BCUT2D eigenvalue weighted by molar-refractivity contribution is 5.94. The molecular formula is C23H23F7N2O2. The average Bonchev–Trinajstić information content (AvgIpc) is 2.77. The normalized spacial score (nSPS) is 19.1. The summed E-state index contributed by atoms with van der Waals surface area (Å²) in [5.41, 5.74) is -3.35. The number of phenols is 1. The van der Waals surface area contributed by atoms with Gasteiger partial charge in [0.05, 0.1) is 11.1 Å². The number of nitrogens with one attached hydrogen (secondary N) is 2. The van der Waals surface area contributed by atoms with Crippen LogP contribution in [0.1, 0.15) is 52.7 Å². The van der Waals surface area contributed by atoms with E-state index in [1.54, 1.807) is 6.07 Å². The van der Waals surface area contributed by atoms with Crippen molar-refractivity contribution in [2.45, 2.75) is 50.6 Å². The van der Waals surface area contributed by atoms with Gasteiger partial charge in [-0.15, -0.1) is 0 Å². The maximum Gasteiger partial charge on any atom is 0.416 e. The van der Waals surface area contributed by atoms with Crippen LogP contribution in [-0.2, 0) is 18.9 Å². The van der Waals surface area contributed by atoms with E-state index >= 15 is 0 Å². The zero-order valence-electron chi connectivity index (χ0n) is 17.9. The number of phenolic OH excluding ortho intramolecular Hbond substituents is 1. The fourth-order valence-electron chi connectivity index (χ4n) is 3.95. The van der Waals surface area contributed by atoms with Crippen molar-refractivity contribution in [3.8, 4) is 5.75 Å². The molecule has 11 heteroatoms. The Morgan fingerprint density at radius 1 is 0.941 bits per heavy atom. The molecule has 34 heavy (non-hydrogen) atoms. The lowest BCUT2D eigenvalue weighted by atomic mass is 9.86. The first-order chi connectivity index (χ1) is 15.8. The van der Waals surface area contributed by atoms with E-state index in [2.05, 4.69) is 10.6 Å². The molecule has 1 fully saturated rings. The Labute approximate surface area is 191 Å². The van der Waals surface area contributed by atoms with Crippen molar-refractivity contribution < 1.29 is 40.6 Å². The summed E-state index contributed by atoms with van der Waals surface area (Å²) in [4.78, 5) is 12.3. The number of aromatic hydroxyl groups is 1. The molecule has 0 unspecified atom stereocenters. The van der Waals surface area contributed by atoms with Crippen LogP contribution in [-0.4, -0.2) is 23.6 Å². The molecule has 186 valence electrons. The van der Waals surface area contributed by atoms with Crippen LogP contribution in [0, 0.1) is 11.7 Å². The second-order valence-corrected chi connectivity index (χ2v) is 8.35. The summed E-state index contributed by atoms with van der Waals surface area (Å²) in [6.07, 6.45) is -7.29. The summed E-state index contributed by atoms with van der Waals surface area (Å²) in [5, 5.41) is 15.4. The van der Waals surface area contributed by atoms with E-state index in [1.807, 2.05) is 0 Å². The number of carbonyl (C=O) groups excluding carboxylic acids is 1. The van der Waals surface area contributed by atoms with Gasteiger partial charge < -0.3 is 15.7 Å². The Hall–Kier alpha value is -2.82.